The summed E-state index contributed by atoms with van der Waals surface area (Å²) in [6.45, 7) is 1.56. The summed E-state index contributed by atoms with van der Waals surface area (Å²) in [5, 5.41) is 4.85. The van der Waals surface area contributed by atoms with Crippen LogP contribution in [0.5, 0.6) is 0 Å². The Morgan fingerprint density at radius 1 is 1.55 bits per heavy atom. The first-order chi connectivity index (χ1) is 5.08. The maximum absolute atomic E-state index is 10.5. The summed E-state index contributed by atoms with van der Waals surface area (Å²) in [6.07, 6.45) is 0. The van der Waals surface area contributed by atoms with Crippen molar-refractivity contribution in [1.29, 1.82) is 0 Å². The van der Waals surface area contributed by atoms with Crippen LogP contribution in [0.4, 0.5) is 0 Å². The summed E-state index contributed by atoms with van der Waals surface area (Å²) in [4.78, 5) is 2.09. The molecule has 6 heteroatoms. The smallest absolute Gasteiger partial charge is 0.210 e. The maximum Gasteiger partial charge on any atom is 0.210 e. The van der Waals surface area contributed by atoms with Gasteiger partial charge in [-0.2, -0.15) is 0 Å². The second kappa shape index (κ2) is 3.75. The van der Waals surface area contributed by atoms with E-state index in [-0.39, 0.29) is 5.75 Å². The minimum absolute atomic E-state index is 0.0769. The van der Waals surface area contributed by atoms with E-state index in [1.165, 1.54) is 0 Å². The van der Waals surface area contributed by atoms with Gasteiger partial charge in [0, 0.05) is 24.7 Å². The Labute approximate surface area is 71.2 Å². The van der Waals surface area contributed by atoms with Gasteiger partial charge >= 0.3 is 0 Å². The first-order valence-corrected chi connectivity index (χ1v) is 6.25. The average molecular weight is 196 g/mol. The Kier molecular flexibility index (Phi) is 3.17. The van der Waals surface area contributed by atoms with E-state index in [1.54, 1.807) is 0 Å². The SMILES string of the molecule is NS(=O)(=O)CCN1CCSC1. The van der Waals surface area contributed by atoms with E-state index in [0.29, 0.717) is 6.54 Å². The fourth-order valence-corrected chi connectivity index (χ4v) is 2.43. The summed E-state index contributed by atoms with van der Waals surface area (Å²) >= 11 is 1.82. The Morgan fingerprint density at radius 2 is 2.27 bits per heavy atom. The molecular formula is C5H12N2O2S2. The predicted molar refractivity (Wildman–Crippen MR) is 46.9 cm³/mol. The lowest BCUT2D eigenvalue weighted by Gasteiger charge is -2.11. The normalized spacial score (nSPS) is 20.8. The standard InChI is InChI=1S/C5H12N2O2S2/c6-11(8,9)4-2-7-1-3-10-5-7/h1-5H2,(H2,6,8,9). The lowest BCUT2D eigenvalue weighted by atomic mass is 10.6. The van der Waals surface area contributed by atoms with Crippen LogP contribution in [-0.4, -0.2) is 43.8 Å². The molecule has 0 spiro atoms. The zero-order chi connectivity index (χ0) is 8.32. The molecule has 0 radical (unpaired) electrons. The molecule has 66 valence electrons. The van der Waals surface area contributed by atoms with Crippen molar-refractivity contribution in [3.8, 4) is 0 Å². The lowest BCUT2D eigenvalue weighted by molar-refractivity contribution is 0.377. The van der Waals surface area contributed by atoms with Crippen LogP contribution < -0.4 is 5.14 Å². The van der Waals surface area contributed by atoms with Gasteiger partial charge < -0.3 is 0 Å². The predicted octanol–water partition coefficient (Wildman–Crippen LogP) is -0.719. The van der Waals surface area contributed by atoms with Gasteiger partial charge in [-0.1, -0.05) is 0 Å². The van der Waals surface area contributed by atoms with Crippen molar-refractivity contribution in [3.05, 3.63) is 0 Å². The molecule has 1 rings (SSSR count). The van der Waals surface area contributed by atoms with Gasteiger partial charge in [0.2, 0.25) is 10.0 Å². The van der Waals surface area contributed by atoms with Crippen molar-refractivity contribution in [2.75, 3.05) is 30.5 Å². The van der Waals surface area contributed by atoms with E-state index in [4.69, 9.17) is 5.14 Å². The number of sulfonamides is 1. The Hall–Kier alpha value is 0.220. The van der Waals surface area contributed by atoms with Crippen LogP contribution in [0, 0.1) is 0 Å². The second-order valence-corrected chi connectivity index (χ2v) is 5.33. The number of rotatable bonds is 3. The summed E-state index contributed by atoms with van der Waals surface area (Å²) in [6, 6.07) is 0. The number of nitrogens with two attached hydrogens (primary N) is 1. The van der Waals surface area contributed by atoms with Gasteiger partial charge in [-0.25, -0.2) is 13.6 Å². The average Bonchev–Trinajstić information content (AvgIpc) is 2.32. The maximum atomic E-state index is 10.5. The topological polar surface area (TPSA) is 63.4 Å². The molecule has 0 unspecified atom stereocenters. The Morgan fingerprint density at radius 3 is 2.73 bits per heavy atom. The Balaban J connectivity index is 2.22. The molecule has 0 aliphatic carbocycles. The number of hydrogen-bond acceptors (Lipinski definition) is 4. The van der Waals surface area contributed by atoms with Crippen LogP contribution in [0.2, 0.25) is 0 Å². The van der Waals surface area contributed by atoms with Crippen LogP contribution in [-0.2, 0) is 10.0 Å². The van der Waals surface area contributed by atoms with Gasteiger partial charge in [0.05, 0.1) is 5.75 Å². The van der Waals surface area contributed by atoms with E-state index in [2.05, 4.69) is 4.90 Å². The molecule has 1 heterocycles. The van der Waals surface area contributed by atoms with Crippen molar-refractivity contribution in [2.24, 2.45) is 5.14 Å². The highest BCUT2D eigenvalue weighted by Gasteiger charge is 2.13. The fourth-order valence-electron chi connectivity index (χ4n) is 0.885. The third-order valence-electron chi connectivity index (χ3n) is 1.52. The van der Waals surface area contributed by atoms with Crippen LogP contribution >= 0.6 is 11.8 Å². The van der Waals surface area contributed by atoms with Crippen LogP contribution in [0.15, 0.2) is 0 Å². The molecule has 1 aliphatic heterocycles. The van der Waals surface area contributed by atoms with Gasteiger partial charge in [-0.3, -0.25) is 4.90 Å². The van der Waals surface area contributed by atoms with E-state index in [0.717, 1.165) is 18.2 Å². The number of hydrogen-bond donors (Lipinski definition) is 1. The van der Waals surface area contributed by atoms with Gasteiger partial charge in [0.15, 0.2) is 0 Å². The van der Waals surface area contributed by atoms with E-state index in [1.807, 2.05) is 11.8 Å². The van der Waals surface area contributed by atoms with Crippen LogP contribution in [0.3, 0.4) is 0 Å². The molecular weight excluding hydrogens is 184 g/mol. The van der Waals surface area contributed by atoms with Gasteiger partial charge in [-0.15, -0.1) is 11.8 Å². The summed E-state index contributed by atoms with van der Waals surface area (Å²) in [5.74, 6) is 2.12. The summed E-state index contributed by atoms with van der Waals surface area (Å²) in [5.41, 5.74) is 0. The van der Waals surface area contributed by atoms with Crippen LogP contribution in [0.25, 0.3) is 0 Å². The van der Waals surface area contributed by atoms with Crippen molar-refractivity contribution in [1.82, 2.24) is 4.90 Å². The Bertz CT molecular complexity index is 209. The molecule has 0 amide bonds. The zero-order valence-corrected chi connectivity index (χ0v) is 7.83. The van der Waals surface area contributed by atoms with E-state index in [9.17, 15) is 8.42 Å². The molecule has 1 aliphatic rings. The molecule has 0 aromatic rings. The van der Waals surface area contributed by atoms with Gasteiger partial charge in [0.25, 0.3) is 0 Å². The zero-order valence-electron chi connectivity index (χ0n) is 6.19. The van der Waals surface area contributed by atoms with Crippen LogP contribution in [0.1, 0.15) is 0 Å². The molecule has 0 aromatic carbocycles. The highest BCUT2D eigenvalue weighted by Crippen LogP contribution is 2.12. The molecule has 1 fully saturated rings. The molecule has 0 atom stereocenters. The van der Waals surface area contributed by atoms with E-state index < -0.39 is 10.0 Å². The number of primary sulfonamides is 1. The first-order valence-electron chi connectivity index (χ1n) is 3.38. The number of nitrogens with zero attached hydrogens (tertiary/aromatic N) is 1. The van der Waals surface area contributed by atoms with Gasteiger partial charge in [-0.05, 0) is 0 Å². The molecule has 0 saturated carbocycles. The number of thioether (sulfide) groups is 1. The van der Waals surface area contributed by atoms with Gasteiger partial charge in [0.1, 0.15) is 0 Å². The monoisotopic (exact) mass is 196 g/mol. The summed E-state index contributed by atoms with van der Waals surface area (Å²) < 4.78 is 21.1. The molecule has 0 aromatic heterocycles. The minimum Gasteiger partial charge on any atom is -0.292 e. The van der Waals surface area contributed by atoms with E-state index >= 15 is 0 Å². The van der Waals surface area contributed by atoms with Crippen molar-refractivity contribution >= 4 is 21.8 Å². The molecule has 11 heavy (non-hydrogen) atoms. The van der Waals surface area contributed by atoms with Crippen molar-refractivity contribution in [2.45, 2.75) is 0 Å². The molecule has 4 nitrogen and oxygen atoms in total. The second-order valence-electron chi connectivity index (χ2n) is 2.52. The fraction of sp³-hybridized carbons (Fsp3) is 1.00. The quantitative estimate of drug-likeness (QED) is 0.647. The summed E-state index contributed by atoms with van der Waals surface area (Å²) in [7, 11) is -3.26. The highest BCUT2D eigenvalue weighted by molar-refractivity contribution is 7.99. The largest absolute Gasteiger partial charge is 0.292 e. The van der Waals surface area contributed by atoms with Crippen molar-refractivity contribution < 1.29 is 8.42 Å². The first kappa shape index (κ1) is 9.31. The molecule has 2 N–H and O–H groups in total. The highest BCUT2D eigenvalue weighted by atomic mass is 32.2. The lowest BCUT2D eigenvalue weighted by Crippen LogP contribution is -2.29. The molecule has 1 saturated heterocycles. The van der Waals surface area contributed by atoms with Crippen molar-refractivity contribution in [3.63, 3.8) is 0 Å². The molecule has 0 bridgehead atoms. The minimum atomic E-state index is -3.26. The third kappa shape index (κ3) is 3.95. The third-order valence-corrected chi connectivity index (χ3v) is 3.29.